The van der Waals surface area contributed by atoms with Crippen LogP contribution < -0.4 is 15.4 Å². The first-order chi connectivity index (χ1) is 12.5. The predicted octanol–water partition coefficient (Wildman–Crippen LogP) is 2.55. The van der Waals surface area contributed by atoms with E-state index < -0.39 is 24.0 Å². The van der Waals surface area contributed by atoms with Gasteiger partial charge in [0.25, 0.3) is 5.91 Å². The zero-order valence-electron chi connectivity index (χ0n) is 15.0. The Bertz CT molecular complexity index is 599. The molecule has 0 saturated heterocycles. The topological polar surface area (TPSA) is 93.7 Å². The van der Waals surface area contributed by atoms with Gasteiger partial charge in [-0.2, -0.15) is 0 Å². The maximum Gasteiger partial charge on any atom is 0.321 e. The van der Waals surface area contributed by atoms with E-state index in [2.05, 4.69) is 10.6 Å². The van der Waals surface area contributed by atoms with Gasteiger partial charge in [0.15, 0.2) is 6.10 Å². The molecule has 1 atom stereocenters. The Morgan fingerprint density at radius 1 is 1.15 bits per heavy atom. The van der Waals surface area contributed by atoms with E-state index in [4.69, 9.17) is 9.47 Å². The average molecular weight is 362 g/mol. The van der Waals surface area contributed by atoms with Crippen LogP contribution in [0.4, 0.5) is 4.79 Å². The molecule has 3 amide bonds. The molecule has 0 spiro atoms. The molecule has 7 nitrogen and oxygen atoms in total. The number of hydrogen-bond acceptors (Lipinski definition) is 5. The summed E-state index contributed by atoms with van der Waals surface area (Å²) in [6.07, 6.45) is 3.62. The molecular weight excluding hydrogens is 336 g/mol. The van der Waals surface area contributed by atoms with Gasteiger partial charge in [0.05, 0.1) is 6.61 Å². The molecule has 26 heavy (non-hydrogen) atoms. The van der Waals surface area contributed by atoms with E-state index in [1.165, 1.54) is 6.92 Å². The van der Waals surface area contributed by atoms with Crippen LogP contribution in [-0.2, 0) is 14.3 Å². The Kier molecular flexibility index (Phi) is 7.92. The van der Waals surface area contributed by atoms with Crippen molar-refractivity contribution >= 4 is 17.9 Å². The van der Waals surface area contributed by atoms with Crippen molar-refractivity contribution in [2.24, 2.45) is 0 Å². The van der Waals surface area contributed by atoms with E-state index in [1.54, 1.807) is 0 Å². The molecule has 0 aromatic heterocycles. The number of benzene rings is 1. The van der Waals surface area contributed by atoms with Crippen LogP contribution in [0.2, 0.25) is 0 Å². The number of esters is 1. The standard InChI is InChI=1S/C19H26N2O5/c1-14(18(23)21-19(24)20-15-8-5-6-9-15)26-17(22)12-7-13-25-16-10-3-2-4-11-16/h2-4,10-11,14-15H,5-9,12-13H2,1H3,(H2,20,21,23,24)/t14-/m1/s1. The summed E-state index contributed by atoms with van der Waals surface area (Å²) in [7, 11) is 0. The molecule has 2 rings (SSSR count). The Morgan fingerprint density at radius 3 is 2.54 bits per heavy atom. The van der Waals surface area contributed by atoms with Gasteiger partial charge in [0.1, 0.15) is 5.75 Å². The van der Waals surface area contributed by atoms with Crippen molar-refractivity contribution in [1.82, 2.24) is 10.6 Å². The average Bonchev–Trinajstić information content (AvgIpc) is 3.12. The van der Waals surface area contributed by atoms with Gasteiger partial charge in [-0.25, -0.2) is 4.79 Å². The molecular formula is C19H26N2O5. The summed E-state index contributed by atoms with van der Waals surface area (Å²) >= 11 is 0. The molecule has 1 aromatic carbocycles. The normalized spacial score (nSPS) is 15.1. The van der Waals surface area contributed by atoms with Gasteiger partial charge in [0.2, 0.25) is 0 Å². The Balaban J connectivity index is 1.59. The number of para-hydroxylation sites is 1. The van der Waals surface area contributed by atoms with Crippen LogP contribution in [0, 0.1) is 0 Å². The van der Waals surface area contributed by atoms with Gasteiger partial charge in [-0.15, -0.1) is 0 Å². The summed E-state index contributed by atoms with van der Waals surface area (Å²) in [5, 5.41) is 4.96. The van der Waals surface area contributed by atoms with E-state index in [1.807, 2.05) is 30.3 Å². The van der Waals surface area contributed by atoms with Gasteiger partial charge in [0, 0.05) is 12.5 Å². The van der Waals surface area contributed by atoms with E-state index in [0.29, 0.717) is 13.0 Å². The summed E-state index contributed by atoms with van der Waals surface area (Å²) < 4.78 is 10.5. The molecule has 1 aliphatic carbocycles. The van der Waals surface area contributed by atoms with Crippen LogP contribution in [0.3, 0.4) is 0 Å². The van der Waals surface area contributed by atoms with Crippen molar-refractivity contribution < 1.29 is 23.9 Å². The Hall–Kier alpha value is -2.57. The molecule has 0 bridgehead atoms. The zero-order valence-corrected chi connectivity index (χ0v) is 15.0. The predicted molar refractivity (Wildman–Crippen MR) is 95.7 cm³/mol. The highest BCUT2D eigenvalue weighted by Crippen LogP contribution is 2.17. The second kappa shape index (κ2) is 10.4. The molecule has 0 unspecified atom stereocenters. The highest BCUT2D eigenvalue weighted by atomic mass is 16.5. The lowest BCUT2D eigenvalue weighted by Crippen LogP contribution is -2.47. The lowest BCUT2D eigenvalue weighted by atomic mass is 10.2. The number of nitrogens with one attached hydrogen (secondary N) is 2. The number of urea groups is 1. The highest BCUT2D eigenvalue weighted by Gasteiger charge is 2.22. The second-order valence-electron chi connectivity index (χ2n) is 6.34. The number of amides is 3. The van der Waals surface area contributed by atoms with Crippen LogP contribution in [0.15, 0.2) is 30.3 Å². The Labute approximate surface area is 153 Å². The third-order valence-corrected chi connectivity index (χ3v) is 4.14. The van der Waals surface area contributed by atoms with Crippen molar-refractivity contribution in [2.45, 2.75) is 57.6 Å². The molecule has 0 heterocycles. The molecule has 0 radical (unpaired) electrons. The van der Waals surface area contributed by atoms with Gasteiger partial charge in [-0.3, -0.25) is 14.9 Å². The fraction of sp³-hybridized carbons (Fsp3) is 0.526. The third-order valence-electron chi connectivity index (χ3n) is 4.14. The van der Waals surface area contributed by atoms with Gasteiger partial charge < -0.3 is 14.8 Å². The third kappa shape index (κ3) is 7.13. The van der Waals surface area contributed by atoms with Crippen molar-refractivity contribution in [3.8, 4) is 5.75 Å². The minimum atomic E-state index is -1.02. The first-order valence-corrected chi connectivity index (χ1v) is 9.03. The molecule has 1 aliphatic rings. The van der Waals surface area contributed by atoms with Crippen molar-refractivity contribution in [2.75, 3.05) is 6.61 Å². The molecule has 142 valence electrons. The van der Waals surface area contributed by atoms with E-state index in [9.17, 15) is 14.4 Å². The number of hydrogen-bond donors (Lipinski definition) is 2. The summed E-state index contributed by atoms with van der Waals surface area (Å²) in [6, 6.07) is 8.87. The number of rotatable bonds is 8. The van der Waals surface area contributed by atoms with E-state index >= 15 is 0 Å². The lowest BCUT2D eigenvalue weighted by Gasteiger charge is -2.15. The number of ether oxygens (including phenoxy) is 2. The van der Waals surface area contributed by atoms with Crippen LogP contribution in [-0.4, -0.2) is 36.7 Å². The number of carbonyl (C=O) groups is 3. The van der Waals surface area contributed by atoms with Gasteiger partial charge in [-0.05, 0) is 38.3 Å². The number of carbonyl (C=O) groups excluding carboxylic acids is 3. The van der Waals surface area contributed by atoms with Crippen molar-refractivity contribution in [3.05, 3.63) is 30.3 Å². The number of imide groups is 1. The largest absolute Gasteiger partial charge is 0.494 e. The summed E-state index contributed by atoms with van der Waals surface area (Å²) in [6.45, 7) is 1.82. The SMILES string of the molecule is C[C@@H](OC(=O)CCCOc1ccccc1)C(=O)NC(=O)NC1CCCC1. The molecule has 2 N–H and O–H groups in total. The van der Waals surface area contributed by atoms with Crippen molar-refractivity contribution in [1.29, 1.82) is 0 Å². The van der Waals surface area contributed by atoms with Crippen LogP contribution in [0.25, 0.3) is 0 Å². The first-order valence-electron chi connectivity index (χ1n) is 9.03. The Morgan fingerprint density at radius 2 is 1.85 bits per heavy atom. The zero-order chi connectivity index (χ0) is 18.8. The lowest BCUT2D eigenvalue weighted by molar-refractivity contribution is -0.154. The monoisotopic (exact) mass is 362 g/mol. The van der Waals surface area contributed by atoms with Crippen LogP contribution >= 0.6 is 0 Å². The summed E-state index contributed by atoms with van der Waals surface area (Å²) in [4.78, 5) is 35.4. The molecule has 7 heteroatoms. The fourth-order valence-corrected chi connectivity index (χ4v) is 2.74. The highest BCUT2D eigenvalue weighted by molar-refractivity contribution is 5.97. The maximum absolute atomic E-state index is 11.9. The van der Waals surface area contributed by atoms with Crippen LogP contribution in [0.5, 0.6) is 5.75 Å². The second-order valence-corrected chi connectivity index (χ2v) is 6.34. The minimum Gasteiger partial charge on any atom is -0.494 e. The maximum atomic E-state index is 11.9. The van der Waals surface area contributed by atoms with Crippen molar-refractivity contribution in [3.63, 3.8) is 0 Å². The van der Waals surface area contributed by atoms with E-state index in [0.717, 1.165) is 31.4 Å². The minimum absolute atomic E-state index is 0.116. The molecule has 1 fully saturated rings. The first kappa shape index (κ1) is 19.8. The molecule has 1 aromatic rings. The fourth-order valence-electron chi connectivity index (χ4n) is 2.74. The molecule has 1 saturated carbocycles. The smallest absolute Gasteiger partial charge is 0.321 e. The van der Waals surface area contributed by atoms with Gasteiger partial charge in [-0.1, -0.05) is 31.0 Å². The van der Waals surface area contributed by atoms with Crippen LogP contribution in [0.1, 0.15) is 45.4 Å². The van der Waals surface area contributed by atoms with E-state index in [-0.39, 0.29) is 12.5 Å². The van der Waals surface area contributed by atoms with Gasteiger partial charge >= 0.3 is 12.0 Å². The quantitative estimate of drug-likeness (QED) is 0.547. The molecule has 0 aliphatic heterocycles. The summed E-state index contributed by atoms with van der Waals surface area (Å²) in [5.41, 5.74) is 0. The summed E-state index contributed by atoms with van der Waals surface area (Å²) in [5.74, 6) is -0.392.